The van der Waals surface area contributed by atoms with Gasteiger partial charge in [-0.3, -0.25) is 19.1 Å². The number of amides is 1. The van der Waals surface area contributed by atoms with E-state index >= 15 is 0 Å². The van der Waals surface area contributed by atoms with Gasteiger partial charge in [-0.25, -0.2) is 4.79 Å². The number of carbonyl (C=O) groups is 1. The van der Waals surface area contributed by atoms with Crippen molar-refractivity contribution in [1.82, 2.24) is 9.55 Å². The summed E-state index contributed by atoms with van der Waals surface area (Å²) in [5.74, 6) is 1.27. The van der Waals surface area contributed by atoms with E-state index < -0.39 is 11.2 Å². The number of anilines is 2. The maximum absolute atomic E-state index is 13.2. The fraction of sp³-hybridized carbons (Fsp3) is 0.500. The number of hydrogen-bond acceptors (Lipinski definition) is 7. The molecule has 1 aliphatic heterocycles. The molecular formula is C22H30N4O5S. The Morgan fingerprint density at radius 2 is 1.97 bits per heavy atom. The van der Waals surface area contributed by atoms with Crippen LogP contribution in [0.1, 0.15) is 33.6 Å². The Morgan fingerprint density at radius 3 is 2.66 bits per heavy atom. The number of aromatic nitrogens is 2. The van der Waals surface area contributed by atoms with Crippen LogP contribution in [0.4, 0.5) is 11.5 Å². The fourth-order valence-corrected chi connectivity index (χ4v) is 4.20. The van der Waals surface area contributed by atoms with Crippen LogP contribution < -0.4 is 31.4 Å². The van der Waals surface area contributed by atoms with Crippen molar-refractivity contribution in [2.45, 2.75) is 45.1 Å². The third kappa shape index (κ3) is 5.48. The van der Waals surface area contributed by atoms with Gasteiger partial charge < -0.3 is 20.1 Å². The van der Waals surface area contributed by atoms with E-state index in [2.05, 4.69) is 4.98 Å². The van der Waals surface area contributed by atoms with Gasteiger partial charge in [0.1, 0.15) is 19.0 Å². The third-order valence-electron chi connectivity index (χ3n) is 4.94. The van der Waals surface area contributed by atoms with Crippen LogP contribution in [-0.4, -0.2) is 41.0 Å². The molecule has 10 heteroatoms. The first kappa shape index (κ1) is 23.8. The van der Waals surface area contributed by atoms with E-state index in [9.17, 15) is 14.4 Å². The molecule has 1 aromatic heterocycles. The molecule has 0 aliphatic carbocycles. The maximum Gasteiger partial charge on any atom is 0.330 e. The maximum atomic E-state index is 13.2. The lowest BCUT2D eigenvalue weighted by atomic mass is 10.2. The molecule has 0 bridgehead atoms. The van der Waals surface area contributed by atoms with E-state index in [0.29, 0.717) is 37.8 Å². The first-order valence-electron chi connectivity index (χ1n) is 10.8. The number of H-pyrrole nitrogens is 1. The smallest absolute Gasteiger partial charge is 0.330 e. The second kappa shape index (κ2) is 10.6. The monoisotopic (exact) mass is 462 g/mol. The predicted molar refractivity (Wildman–Crippen MR) is 126 cm³/mol. The van der Waals surface area contributed by atoms with Crippen molar-refractivity contribution in [3.05, 3.63) is 39.0 Å². The molecule has 174 valence electrons. The Kier molecular flexibility index (Phi) is 7.89. The number of nitrogens with one attached hydrogen (secondary N) is 1. The van der Waals surface area contributed by atoms with Crippen LogP contribution in [-0.2, 0) is 11.3 Å². The number of carbonyl (C=O) groups excluding carboxylic acids is 1. The number of benzene rings is 1. The van der Waals surface area contributed by atoms with E-state index in [4.69, 9.17) is 15.2 Å². The third-order valence-corrected chi connectivity index (χ3v) is 5.92. The highest BCUT2D eigenvalue weighted by atomic mass is 32.2. The average Bonchev–Trinajstić information content (AvgIpc) is 2.76. The molecule has 1 amide bonds. The largest absolute Gasteiger partial charge is 0.486 e. The van der Waals surface area contributed by atoms with Gasteiger partial charge in [-0.2, -0.15) is 0 Å². The Bertz CT molecular complexity index is 1080. The molecule has 0 fully saturated rings. The van der Waals surface area contributed by atoms with Gasteiger partial charge in [-0.1, -0.05) is 27.2 Å². The van der Waals surface area contributed by atoms with Gasteiger partial charge in [0, 0.05) is 18.0 Å². The van der Waals surface area contributed by atoms with Crippen molar-refractivity contribution in [3.8, 4) is 11.5 Å². The van der Waals surface area contributed by atoms with E-state index in [1.54, 1.807) is 0 Å². The Morgan fingerprint density at radius 1 is 1.25 bits per heavy atom. The SMILES string of the molecule is CCCCn1c(N)c(N(CC(C)C)C(=O)CSc2ccc3c(c2)OCCO3)c(=O)[nH]c1=O. The minimum absolute atomic E-state index is 0.0190. The number of nitrogen functional groups attached to an aromatic ring is 1. The summed E-state index contributed by atoms with van der Waals surface area (Å²) in [6.07, 6.45) is 1.59. The van der Waals surface area contributed by atoms with Gasteiger partial charge in [0.05, 0.1) is 5.75 Å². The molecule has 0 unspecified atom stereocenters. The quantitative estimate of drug-likeness (QED) is 0.549. The van der Waals surface area contributed by atoms with Gasteiger partial charge in [-0.05, 0) is 30.5 Å². The summed E-state index contributed by atoms with van der Waals surface area (Å²) >= 11 is 1.34. The summed E-state index contributed by atoms with van der Waals surface area (Å²) < 4.78 is 12.5. The van der Waals surface area contributed by atoms with E-state index in [0.717, 1.165) is 17.7 Å². The lowest BCUT2D eigenvalue weighted by Gasteiger charge is -2.26. The van der Waals surface area contributed by atoms with Crippen molar-refractivity contribution in [2.24, 2.45) is 5.92 Å². The molecule has 1 aromatic carbocycles. The zero-order valence-corrected chi connectivity index (χ0v) is 19.5. The molecule has 3 N–H and O–H groups in total. The van der Waals surface area contributed by atoms with E-state index in [-0.39, 0.29) is 29.1 Å². The van der Waals surface area contributed by atoms with E-state index in [1.165, 1.54) is 21.2 Å². The molecule has 32 heavy (non-hydrogen) atoms. The summed E-state index contributed by atoms with van der Waals surface area (Å²) in [5.41, 5.74) is 5.05. The minimum atomic E-state index is -0.654. The number of fused-ring (bicyclic) bond motifs is 1. The summed E-state index contributed by atoms with van der Waals surface area (Å²) in [6, 6.07) is 5.52. The number of ether oxygens (including phenoxy) is 2. The number of thioether (sulfide) groups is 1. The van der Waals surface area contributed by atoms with Gasteiger partial charge in [0.25, 0.3) is 5.56 Å². The van der Waals surface area contributed by atoms with Crippen LogP contribution >= 0.6 is 11.8 Å². The number of hydrogen-bond donors (Lipinski definition) is 2. The number of unbranched alkanes of at least 4 members (excludes halogenated alkanes) is 1. The van der Waals surface area contributed by atoms with Gasteiger partial charge >= 0.3 is 5.69 Å². The molecule has 0 saturated carbocycles. The second-order valence-electron chi connectivity index (χ2n) is 7.99. The van der Waals surface area contributed by atoms with Crippen LogP contribution in [0.25, 0.3) is 0 Å². The lowest BCUT2D eigenvalue weighted by molar-refractivity contribution is -0.116. The fourth-order valence-electron chi connectivity index (χ4n) is 3.40. The Hall–Kier alpha value is -2.88. The number of nitrogens with zero attached hydrogens (tertiary/aromatic N) is 2. The zero-order valence-electron chi connectivity index (χ0n) is 18.7. The molecule has 2 heterocycles. The summed E-state index contributed by atoms with van der Waals surface area (Å²) in [5, 5.41) is 0. The molecule has 0 spiro atoms. The molecule has 0 saturated heterocycles. The number of aromatic amines is 1. The molecule has 2 aromatic rings. The standard InChI is InChI=1S/C22H30N4O5S/c1-4-5-8-25-20(23)19(21(28)24-22(25)29)26(12-14(2)3)18(27)13-32-15-6-7-16-17(11-15)31-10-9-30-16/h6-7,11,14H,4-5,8-10,12-13,23H2,1-3H3,(H,24,28,29). The molecule has 0 atom stereocenters. The van der Waals surface area contributed by atoms with Crippen LogP contribution in [0, 0.1) is 5.92 Å². The lowest BCUT2D eigenvalue weighted by Crippen LogP contribution is -2.43. The highest BCUT2D eigenvalue weighted by Crippen LogP contribution is 2.34. The summed E-state index contributed by atoms with van der Waals surface area (Å²) in [4.78, 5) is 42.7. The summed E-state index contributed by atoms with van der Waals surface area (Å²) in [6.45, 7) is 7.58. The van der Waals surface area contributed by atoms with Crippen molar-refractivity contribution >= 4 is 29.2 Å². The second-order valence-corrected chi connectivity index (χ2v) is 9.04. The van der Waals surface area contributed by atoms with Crippen molar-refractivity contribution < 1.29 is 14.3 Å². The van der Waals surface area contributed by atoms with Crippen LogP contribution in [0.3, 0.4) is 0 Å². The van der Waals surface area contributed by atoms with Gasteiger partial charge in [-0.15, -0.1) is 11.8 Å². The Balaban J connectivity index is 1.85. The van der Waals surface area contributed by atoms with Crippen LogP contribution in [0.2, 0.25) is 0 Å². The van der Waals surface area contributed by atoms with Gasteiger partial charge in [0.15, 0.2) is 17.2 Å². The first-order chi connectivity index (χ1) is 15.3. The normalized spacial score (nSPS) is 12.8. The zero-order chi connectivity index (χ0) is 23.3. The highest BCUT2D eigenvalue weighted by molar-refractivity contribution is 8.00. The molecule has 9 nitrogen and oxygen atoms in total. The van der Waals surface area contributed by atoms with Crippen molar-refractivity contribution in [2.75, 3.05) is 36.1 Å². The van der Waals surface area contributed by atoms with E-state index in [1.807, 2.05) is 39.0 Å². The minimum Gasteiger partial charge on any atom is -0.486 e. The molecule has 1 aliphatic rings. The highest BCUT2D eigenvalue weighted by Gasteiger charge is 2.25. The number of nitrogens with two attached hydrogens (primary N) is 1. The van der Waals surface area contributed by atoms with Gasteiger partial charge in [0.2, 0.25) is 5.91 Å². The Labute approximate surface area is 190 Å². The molecular weight excluding hydrogens is 432 g/mol. The van der Waals surface area contributed by atoms with Crippen molar-refractivity contribution in [3.63, 3.8) is 0 Å². The molecule has 3 rings (SSSR count). The average molecular weight is 463 g/mol. The predicted octanol–water partition coefficient (Wildman–Crippen LogP) is 2.47. The first-order valence-corrected chi connectivity index (χ1v) is 11.8. The topological polar surface area (TPSA) is 120 Å². The van der Waals surface area contributed by atoms with Crippen LogP contribution in [0.15, 0.2) is 32.7 Å². The number of rotatable bonds is 9. The van der Waals surface area contributed by atoms with Crippen LogP contribution in [0.5, 0.6) is 11.5 Å². The summed E-state index contributed by atoms with van der Waals surface area (Å²) in [7, 11) is 0. The van der Waals surface area contributed by atoms with Crippen molar-refractivity contribution in [1.29, 1.82) is 0 Å². The molecule has 0 radical (unpaired) electrons.